The van der Waals surface area contributed by atoms with Crippen molar-refractivity contribution in [1.82, 2.24) is 4.90 Å². The summed E-state index contributed by atoms with van der Waals surface area (Å²) in [6.07, 6.45) is 1.65. The number of benzene rings is 2. The Hall–Kier alpha value is -2.58. The minimum absolute atomic E-state index is 0.308. The molecular weight excluding hydrogens is 438 g/mol. The van der Waals surface area contributed by atoms with Crippen LogP contribution in [0.25, 0.3) is 11.1 Å². The lowest BCUT2D eigenvalue weighted by molar-refractivity contribution is 0.0225. The van der Waals surface area contributed by atoms with Crippen LogP contribution in [0.5, 0.6) is 0 Å². The Balaban J connectivity index is 2.23. The quantitative estimate of drug-likeness (QED) is 0.424. The summed E-state index contributed by atoms with van der Waals surface area (Å²) in [5.74, 6) is 6.15. The second kappa shape index (κ2) is 10.6. The number of carbonyl (C=O) groups excluding carboxylic acids is 1. The molecule has 182 valence electrons. The molecule has 7 nitrogen and oxygen atoms in total. The number of aryl methyl sites for hydroxylation is 1. The van der Waals surface area contributed by atoms with Gasteiger partial charge in [-0.25, -0.2) is 23.5 Å². The molecule has 0 radical (unpaired) electrons. The standard InChI is InChI=1S/C25H37N3O4S/c1-18(2)14-15-27(24(29)32-25(4,5)6)17-20-8-13-23(19(3)16-20)21-9-11-22(12-10-21)28(26)33(7,30)31/h8-13,16,18H,14-15,17,26H2,1-7H3. The van der Waals surface area contributed by atoms with Crippen LogP contribution in [0.2, 0.25) is 0 Å². The summed E-state index contributed by atoms with van der Waals surface area (Å²) in [6, 6.07) is 13.2. The van der Waals surface area contributed by atoms with E-state index in [1.54, 1.807) is 17.0 Å². The molecule has 0 spiro atoms. The Morgan fingerprint density at radius 3 is 2.18 bits per heavy atom. The van der Waals surface area contributed by atoms with E-state index in [2.05, 4.69) is 19.9 Å². The fourth-order valence-corrected chi connectivity index (χ4v) is 3.83. The highest BCUT2D eigenvalue weighted by Crippen LogP contribution is 2.27. The Morgan fingerprint density at radius 2 is 1.70 bits per heavy atom. The molecule has 0 aromatic heterocycles. The van der Waals surface area contributed by atoms with Gasteiger partial charge in [0, 0.05) is 13.1 Å². The minimum atomic E-state index is -3.52. The average molecular weight is 476 g/mol. The van der Waals surface area contributed by atoms with Gasteiger partial charge >= 0.3 is 6.09 Å². The SMILES string of the molecule is Cc1cc(CN(CCC(C)C)C(=O)OC(C)(C)C)ccc1-c1ccc(N(N)S(C)(=O)=O)cc1. The lowest BCUT2D eigenvalue weighted by atomic mass is 9.98. The number of nitrogens with two attached hydrogens (primary N) is 1. The van der Waals surface area contributed by atoms with Gasteiger partial charge in [-0.2, -0.15) is 0 Å². The van der Waals surface area contributed by atoms with E-state index in [-0.39, 0.29) is 6.09 Å². The second-order valence-corrected chi connectivity index (χ2v) is 11.7. The summed E-state index contributed by atoms with van der Waals surface area (Å²) in [5, 5.41) is 0. The van der Waals surface area contributed by atoms with Crippen molar-refractivity contribution in [2.45, 2.75) is 60.1 Å². The molecule has 0 aliphatic carbocycles. The van der Waals surface area contributed by atoms with Crippen LogP contribution in [-0.2, 0) is 21.3 Å². The van der Waals surface area contributed by atoms with E-state index >= 15 is 0 Å². The van der Waals surface area contributed by atoms with Crippen molar-refractivity contribution in [3.63, 3.8) is 0 Å². The van der Waals surface area contributed by atoms with E-state index < -0.39 is 15.6 Å². The molecule has 0 unspecified atom stereocenters. The molecule has 0 aliphatic rings. The van der Waals surface area contributed by atoms with Crippen molar-refractivity contribution in [2.24, 2.45) is 11.8 Å². The molecule has 2 N–H and O–H groups in total. The third kappa shape index (κ3) is 8.05. The zero-order chi connectivity index (χ0) is 25.0. The van der Waals surface area contributed by atoms with E-state index in [0.717, 1.165) is 39.3 Å². The predicted octanol–water partition coefficient (Wildman–Crippen LogP) is 5.08. The van der Waals surface area contributed by atoms with Gasteiger partial charge < -0.3 is 9.64 Å². The van der Waals surface area contributed by atoms with Crippen molar-refractivity contribution in [1.29, 1.82) is 0 Å². The summed E-state index contributed by atoms with van der Waals surface area (Å²) < 4.78 is 29.6. The molecule has 0 atom stereocenters. The van der Waals surface area contributed by atoms with Crippen LogP contribution < -0.4 is 10.3 Å². The lowest BCUT2D eigenvalue weighted by Gasteiger charge is -2.28. The highest BCUT2D eigenvalue weighted by atomic mass is 32.2. The van der Waals surface area contributed by atoms with Crippen LogP contribution in [-0.4, -0.2) is 37.8 Å². The largest absolute Gasteiger partial charge is 0.444 e. The third-order valence-electron chi connectivity index (χ3n) is 5.08. The molecule has 0 bridgehead atoms. The maximum Gasteiger partial charge on any atom is 0.410 e. The van der Waals surface area contributed by atoms with Crippen LogP contribution in [0, 0.1) is 12.8 Å². The molecule has 0 fully saturated rings. The first kappa shape index (κ1) is 26.7. The third-order valence-corrected chi connectivity index (χ3v) is 6.01. The van der Waals surface area contributed by atoms with Crippen molar-refractivity contribution in [3.8, 4) is 11.1 Å². The van der Waals surface area contributed by atoms with Gasteiger partial charge in [-0.15, -0.1) is 0 Å². The molecule has 0 saturated carbocycles. The van der Waals surface area contributed by atoms with Gasteiger partial charge in [-0.1, -0.05) is 44.2 Å². The van der Waals surface area contributed by atoms with Crippen LogP contribution >= 0.6 is 0 Å². The maximum absolute atomic E-state index is 12.8. The lowest BCUT2D eigenvalue weighted by Crippen LogP contribution is -2.37. The summed E-state index contributed by atoms with van der Waals surface area (Å²) in [5.41, 5.74) is 3.91. The van der Waals surface area contributed by atoms with Gasteiger partial charge in [0.15, 0.2) is 0 Å². The molecule has 2 aromatic carbocycles. The van der Waals surface area contributed by atoms with Gasteiger partial charge in [-0.3, -0.25) is 0 Å². The number of nitrogens with zero attached hydrogens (tertiary/aromatic N) is 2. The summed E-state index contributed by atoms with van der Waals surface area (Å²) >= 11 is 0. The first-order chi connectivity index (χ1) is 15.2. The number of carbonyl (C=O) groups is 1. The van der Waals surface area contributed by atoms with Crippen molar-refractivity contribution >= 4 is 21.8 Å². The zero-order valence-electron chi connectivity index (χ0n) is 20.8. The number of sulfonamides is 1. The smallest absolute Gasteiger partial charge is 0.410 e. The Bertz CT molecular complexity index is 1060. The van der Waals surface area contributed by atoms with Crippen LogP contribution in [0.3, 0.4) is 0 Å². The average Bonchev–Trinajstić information content (AvgIpc) is 2.68. The van der Waals surface area contributed by atoms with Crippen molar-refractivity contribution < 1.29 is 17.9 Å². The summed E-state index contributed by atoms with van der Waals surface area (Å²) in [4.78, 5) is 14.5. The molecule has 2 rings (SSSR count). The van der Waals surface area contributed by atoms with Crippen molar-refractivity contribution in [2.75, 3.05) is 17.2 Å². The number of hydrazine groups is 1. The first-order valence-electron chi connectivity index (χ1n) is 11.1. The molecular formula is C25H37N3O4S. The fourth-order valence-electron chi connectivity index (χ4n) is 3.32. The van der Waals surface area contributed by atoms with E-state index in [9.17, 15) is 13.2 Å². The number of hydrogen-bond donors (Lipinski definition) is 1. The summed E-state index contributed by atoms with van der Waals surface area (Å²) in [7, 11) is -3.52. The van der Waals surface area contributed by atoms with Crippen LogP contribution in [0.1, 0.15) is 52.2 Å². The second-order valence-electron chi connectivity index (χ2n) is 9.84. The summed E-state index contributed by atoms with van der Waals surface area (Å²) in [6.45, 7) is 13.0. The van der Waals surface area contributed by atoms with Crippen LogP contribution in [0.15, 0.2) is 42.5 Å². The monoisotopic (exact) mass is 475 g/mol. The van der Waals surface area contributed by atoms with Gasteiger partial charge in [0.2, 0.25) is 10.0 Å². The number of anilines is 1. The van der Waals surface area contributed by atoms with Gasteiger partial charge in [0.05, 0.1) is 11.9 Å². The number of ether oxygens (including phenoxy) is 1. The molecule has 0 heterocycles. The van der Waals surface area contributed by atoms with Gasteiger partial charge in [0.25, 0.3) is 0 Å². The molecule has 1 amide bonds. The first-order valence-corrected chi connectivity index (χ1v) is 12.9. The Morgan fingerprint density at radius 1 is 1.09 bits per heavy atom. The van der Waals surface area contributed by atoms with E-state index in [1.807, 2.05) is 52.0 Å². The normalized spacial score (nSPS) is 12.0. The molecule has 8 heteroatoms. The number of rotatable bonds is 8. The van der Waals surface area contributed by atoms with Crippen molar-refractivity contribution in [3.05, 3.63) is 53.6 Å². The highest BCUT2D eigenvalue weighted by molar-refractivity contribution is 7.92. The topological polar surface area (TPSA) is 92.9 Å². The minimum Gasteiger partial charge on any atom is -0.444 e. The Labute approximate surface area is 198 Å². The van der Waals surface area contributed by atoms with Gasteiger partial charge in [0.1, 0.15) is 5.60 Å². The molecule has 33 heavy (non-hydrogen) atoms. The number of amides is 1. The zero-order valence-corrected chi connectivity index (χ0v) is 21.6. The van der Waals surface area contributed by atoms with Crippen LogP contribution in [0.4, 0.5) is 10.5 Å². The predicted molar refractivity (Wildman–Crippen MR) is 134 cm³/mol. The van der Waals surface area contributed by atoms with E-state index in [1.165, 1.54) is 0 Å². The Kier molecular flexibility index (Phi) is 8.54. The molecule has 0 aliphatic heterocycles. The maximum atomic E-state index is 12.8. The number of hydrogen-bond acceptors (Lipinski definition) is 5. The highest BCUT2D eigenvalue weighted by Gasteiger charge is 2.22. The van der Waals surface area contributed by atoms with E-state index in [4.69, 9.17) is 10.6 Å². The van der Waals surface area contributed by atoms with E-state index in [0.29, 0.717) is 24.7 Å². The molecule has 0 saturated heterocycles. The fraction of sp³-hybridized carbons (Fsp3) is 0.480. The molecule has 2 aromatic rings. The van der Waals surface area contributed by atoms with Gasteiger partial charge in [-0.05, 0) is 74.4 Å².